The van der Waals surface area contributed by atoms with Crippen LogP contribution in [0.25, 0.3) is 11.5 Å². The summed E-state index contributed by atoms with van der Waals surface area (Å²) in [6, 6.07) is 7.15. The van der Waals surface area contributed by atoms with Crippen molar-refractivity contribution in [2.45, 2.75) is 20.0 Å². The van der Waals surface area contributed by atoms with Crippen LogP contribution in [0, 0.1) is 6.92 Å². The number of ether oxygens (including phenoxy) is 1. The minimum absolute atomic E-state index is 0.210. The van der Waals surface area contributed by atoms with Crippen LogP contribution in [-0.4, -0.2) is 28.8 Å². The molecular weight excluding hydrogens is 270 g/mol. The van der Waals surface area contributed by atoms with E-state index in [-0.39, 0.29) is 5.91 Å². The predicted octanol–water partition coefficient (Wildman–Crippen LogP) is 2.57. The first-order chi connectivity index (χ1) is 10.1. The molecule has 0 saturated heterocycles. The lowest BCUT2D eigenvalue weighted by molar-refractivity contribution is -0.125. The quantitative estimate of drug-likeness (QED) is 0.826. The number of aryl methyl sites for hydroxylation is 1. The number of rotatable bonds is 6. The molecule has 1 atom stereocenters. The first-order valence-corrected chi connectivity index (χ1v) is 6.54. The summed E-state index contributed by atoms with van der Waals surface area (Å²) < 4.78 is 10.6. The Balaban J connectivity index is 1.99. The van der Waals surface area contributed by atoms with E-state index in [4.69, 9.17) is 9.15 Å². The monoisotopic (exact) mass is 287 g/mol. The summed E-state index contributed by atoms with van der Waals surface area (Å²) in [7, 11) is 0. The Bertz CT molecular complexity index is 619. The van der Waals surface area contributed by atoms with E-state index in [1.54, 1.807) is 44.2 Å². The van der Waals surface area contributed by atoms with Crippen molar-refractivity contribution >= 4 is 11.6 Å². The first kappa shape index (κ1) is 14.9. The molecule has 1 unspecified atom stereocenters. The van der Waals surface area contributed by atoms with Crippen LogP contribution in [0.3, 0.4) is 0 Å². The van der Waals surface area contributed by atoms with Gasteiger partial charge in [0.05, 0.1) is 6.61 Å². The molecule has 0 saturated carbocycles. The smallest absolute Gasteiger partial charge is 0.253 e. The van der Waals surface area contributed by atoms with Gasteiger partial charge in [-0.1, -0.05) is 6.08 Å². The van der Waals surface area contributed by atoms with Gasteiger partial charge in [-0.25, -0.2) is 0 Å². The molecule has 2 rings (SSSR count). The number of aromatic nitrogens is 2. The van der Waals surface area contributed by atoms with E-state index in [1.165, 1.54) is 0 Å². The van der Waals surface area contributed by atoms with Gasteiger partial charge in [0.25, 0.3) is 5.91 Å². The standard InChI is InChI=1S/C15H17N3O3/c1-4-9-20-10(2)14(19)16-13-7-5-12(6-8-13)15-18-17-11(3)21-15/h4-8,10H,1,9H2,2-3H3,(H,16,19). The first-order valence-electron chi connectivity index (χ1n) is 6.54. The van der Waals surface area contributed by atoms with Gasteiger partial charge >= 0.3 is 0 Å². The molecule has 1 N–H and O–H groups in total. The van der Waals surface area contributed by atoms with Crippen LogP contribution in [0.1, 0.15) is 12.8 Å². The third-order valence-electron chi connectivity index (χ3n) is 2.76. The van der Waals surface area contributed by atoms with Crippen LogP contribution in [0.15, 0.2) is 41.3 Å². The molecule has 0 radical (unpaired) electrons. The predicted molar refractivity (Wildman–Crippen MR) is 78.7 cm³/mol. The van der Waals surface area contributed by atoms with Crippen molar-refractivity contribution in [3.8, 4) is 11.5 Å². The molecule has 0 bridgehead atoms. The lowest BCUT2D eigenvalue weighted by Gasteiger charge is -2.12. The minimum atomic E-state index is -0.540. The normalized spacial score (nSPS) is 11.9. The average Bonchev–Trinajstić information content (AvgIpc) is 2.92. The maximum Gasteiger partial charge on any atom is 0.253 e. The van der Waals surface area contributed by atoms with Gasteiger partial charge < -0.3 is 14.5 Å². The maximum absolute atomic E-state index is 11.9. The summed E-state index contributed by atoms with van der Waals surface area (Å²) >= 11 is 0. The van der Waals surface area contributed by atoms with Gasteiger partial charge in [-0.2, -0.15) is 0 Å². The Labute approximate surface area is 122 Å². The number of carbonyl (C=O) groups is 1. The van der Waals surface area contributed by atoms with Crippen molar-refractivity contribution in [3.05, 3.63) is 42.8 Å². The molecule has 110 valence electrons. The van der Waals surface area contributed by atoms with Gasteiger partial charge in [0, 0.05) is 18.2 Å². The fourth-order valence-corrected chi connectivity index (χ4v) is 1.64. The zero-order valence-corrected chi connectivity index (χ0v) is 12.0. The summed E-state index contributed by atoms with van der Waals surface area (Å²) in [4.78, 5) is 11.9. The number of anilines is 1. The zero-order chi connectivity index (χ0) is 15.2. The Morgan fingerprint density at radius 3 is 2.71 bits per heavy atom. The summed E-state index contributed by atoms with van der Waals surface area (Å²) in [6.07, 6.45) is 1.06. The summed E-state index contributed by atoms with van der Waals surface area (Å²) in [6.45, 7) is 7.30. The molecule has 2 aromatic rings. The molecule has 21 heavy (non-hydrogen) atoms. The Morgan fingerprint density at radius 2 is 2.14 bits per heavy atom. The highest BCUT2D eigenvalue weighted by Crippen LogP contribution is 2.20. The van der Waals surface area contributed by atoms with E-state index in [0.29, 0.717) is 24.1 Å². The van der Waals surface area contributed by atoms with Crippen molar-refractivity contribution in [3.63, 3.8) is 0 Å². The number of nitrogens with one attached hydrogen (secondary N) is 1. The topological polar surface area (TPSA) is 77.2 Å². The van der Waals surface area contributed by atoms with Crippen molar-refractivity contribution in [1.82, 2.24) is 10.2 Å². The fraction of sp³-hybridized carbons (Fsp3) is 0.267. The number of hydrogen-bond acceptors (Lipinski definition) is 5. The second-order valence-corrected chi connectivity index (χ2v) is 4.46. The van der Waals surface area contributed by atoms with E-state index < -0.39 is 6.10 Å². The lowest BCUT2D eigenvalue weighted by atomic mass is 10.2. The van der Waals surface area contributed by atoms with Crippen LogP contribution < -0.4 is 5.32 Å². The highest BCUT2D eigenvalue weighted by atomic mass is 16.5. The summed E-state index contributed by atoms with van der Waals surface area (Å²) in [5.41, 5.74) is 1.47. The molecule has 1 aromatic heterocycles. The molecule has 6 nitrogen and oxygen atoms in total. The summed E-state index contributed by atoms with van der Waals surface area (Å²) in [5, 5.41) is 10.5. The van der Waals surface area contributed by atoms with Crippen molar-refractivity contribution in [1.29, 1.82) is 0 Å². The molecular formula is C15H17N3O3. The number of nitrogens with zero attached hydrogens (tertiary/aromatic N) is 2. The van der Waals surface area contributed by atoms with Gasteiger partial charge in [-0.3, -0.25) is 4.79 Å². The van der Waals surface area contributed by atoms with Crippen LogP contribution >= 0.6 is 0 Å². The molecule has 0 aliphatic rings. The van der Waals surface area contributed by atoms with Crippen molar-refractivity contribution in [2.24, 2.45) is 0 Å². The third-order valence-corrected chi connectivity index (χ3v) is 2.76. The largest absolute Gasteiger partial charge is 0.421 e. The SMILES string of the molecule is C=CCOC(C)C(=O)Nc1ccc(-c2nnc(C)o2)cc1. The highest BCUT2D eigenvalue weighted by molar-refractivity contribution is 5.94. The van der Waals surface area contributed by atoms with Gasteiger partial charge in [0.15, 0.2) is 0 Å². The van der Waals surface area contributed by atoms with Crippen molar-refractivity contribution in [2.75, 3.05) is 11.9 Å². The molecule has 1 heterocycles. The Morgan fingerprint density at radius 1 is 1.43 bits per heavy atom. The molecule has 0 aliphatic heterocycles. The molecule has 0 spiro atoms. The fourth-order valence-electron chi connectivity index (χ4n) is 1.64. The van der Waals surface area contributed by atoms with Gasteiger partial charge in [-0.05, 0) is 31.2 Å². The van der Waals surface area contributed by atoms with E-state index in [9.17, 15) is 4.79 Å². The molecule has 1 amide bonds. The number of amides is 1. The van der Waals surface area contributed by atoms with Crippen LogP contribution in [0.2, 0.25) is 0 Å². The average molecular weight is 287 g/mol. The zero-order valence-electron chi connectivity index (χ0n) is 12.0. The molecule has 6 heteroatoms. The van der Waals surface area contributed by atoms with E-state index in [2.05, 4.69) is 22.1 Å². The van der Waals surface area contributed by atoms with Gasteiger partial charge in [0.2, 0.25) is 11.8 Å². The van der Waals surface area contributed by atoms with Crippen molar-refractivity contribution < 1.29 is 13.9 Å². The Hall–Kier alpha value is -2.47. The van der Waals surface area contributed by atoms with Crippen LogP contribution in [0.5, 0.6) is 0 Å². The molecule has 0 fully saturated rings. The van der Waals surface area contributed by atoms with Gasteiger partial charge in [0.1, 0.15) is 6.10 Å². The highest BCUT2D eigenvalue weighted by Gasteiger charge is 2.13. The van der Waals surface area contributed by atoms with Crippen LogP contribution in [-0.2, 0) is 9.53 Å². The lowest BCUT2D eigenvalue weighted by Crippen LogP contribution is -2.27. The number of benzene rings is 1. The van der Waals surface area contributed by atoms with E-state index >= 15 is 0 Å². The molecule has 1 aromatic carbocycles. The number of carbonyl (C=O) groups excluding carboxylic acids is 1. The third kappa shape index (κ3) is 4.00. The minimum Gasteiger partial charge on any atom is -0.421 e. The second kappa shape index (κ2) is 6.81. The second-order valence-electron chi connectivity index (χ2n) is 4.46. The van der Waals surface area contributed by atoms with Gasteiger partial charge in [-0.15, -0.1) is 16.8 Å². The van der Waals surface area contributed by atoms with E-state index in [1.807, 2.05) is 0 Å². The maximum atomic E-state index is 11.9. The van der Waals surface area contributed by atoms with Crippen LogP contribution in [0.4, 0.5) is 5.69 Å². The molecule has 0 aliphatic carbocycles. The Kier molecular flexibility index (Phi) is 4.84. The number of hydrogen-bond donors (Lipinski definition) is 1. The van der Waals surface area contributed by atoms with E-state index in [0.717, 1.165) is 5.56 Å². The summed E-state index contributed by atoms with van der Waals surface area (Å²) in [5.74, 6) is 0.752.